The lowest BCUT2D eigenvalue weighted by Crippen LogP contribution is -2.45. The van der Waals surface area contributed by atoms with E-state index in [9.17, 15) is 27.0 Å². The van der Waals surface area contributed by atoms with Crippen LogP contribution >= 0.6 is 0 Å². The summed E-state index contributed by atoms with van der Waals surface area (Å²) in [6.07, 6.45) is -2.43. The van der Waals surface area contributed by atoms with E-state index in [1.54, 1.807) is 60.7 Å². The molecule has 0 saturated carbocycles. The maximum absolute atomic E-state index is 14.7. The summed E-state index contributed by atoms with van der Waals surface area (Å²) in [6.45, 7) is 27.9. The van der Waals surface area contributed by atoms with E-state index in [1.807, 2.05) is 109 Å². The van der Waals surface area contributed by atoms with Crippen molar-refractivity contribution < 1.29 is 36.5 Å². The molecule has 326 valence electrons. The van der Waals surface area contributed by atoms with E-state index in [0.29, 0.717) is 0 Å². The molecule has 0 amide bonds. The largest absolute Gasteiger partial charge is 0.507 e. The zero-order chi connectivity index (χ0) is 44.7. The summed E-state index contributed by atoms with van der Waals surface area (Å²) in [7, 11) is -8.35. The Labute approximate surface area is 358 Å². The highest BCUT2D eigenvalue weighted by atomic mass is 32.2. The molecular formula is C48H64N2O8S2. The number of phenolic OH excluding ortho intramolecular Hbond substituents is 2. The van der Waals surface area contributed by atoms with E-state index in [1.165, 1.54) is 8.61 Å². The Hall–Kier alpha value is -3.78. The van der Waals surface area contributed by atoms with Crippen LogP contribution in [0.2, 0.25) is 0 Å². The Morgan fingerprint density at radius 3 is 1.08 bits per heavy atom. The predicted octanol–water partition coefficient (Wildman–Crippen LogP) is 10.2. The summed E-state index contributed by atoms with van der Waals surface area (Å²) in [5, 5.41) is 25.2. The number of benzene rings is 4. The maximum Gasteiger partial charge on any atom is 0.245 e. The summed E-state index contributed by atoms with van der Waals surface area (Å²) in [5.74, 6) is -0.522. The lowest BCUT2D eigenvalue weighted by atomic mass is 9.80. The van der Waals surface area contributed by atoms with Gasteiger partial charge in [-0.3, -0.25) is 0 Å². The van der Waals surface area contributed by atoms with E-state index < -0.39 is 66.2 Å². The third kappa shape index (κ3) is 8.52. The second-order valence-corrected chi connectivity index (χ2v) is 24.5. The van der Waals surface area contributed by atoms with Gasteiger partial charge in [0.2, 0.25) is 20.0 Å². The molecule has 2 N–H and O–H groups in total. The lowest BCUT2D eigenvalue weighted by Gasteiger charge is -2.36. The molecule has 2 aliphatic heterocycles. The van der Waals surface area contributed by atoms with Crippen LogP contribution in [-0.2, 0) is 40.4 Å². The molecule has 4 aromatic carbocycles. The molecule has 2 fully saturated rings. The summed E-state index contributed by atoms with van der Waals surface area (Å²) in [6, 6.07) is 19.4. The van der Waals surface area contributed by atoms with Crippen molar-refractivity contribution in [2.45, 2.75) is 142 Å². The van der Waals surface area contributed by atoms with E-state index in [2.05, 4.69) is 0 Å². The first-order valence-electron chi connectivity index (χ1n) is 20.6. The first kappa shape index (κ1) is 45.7. The third-order valence-electron chi connectivity index (χ3n) is 11.9. The van der Waals surface area contributed by atoms with Gasteiger partial charge in [0.25, 0.3) is 0 Å². The van der Waals surface area contributed by atoms with Crippen molar-refractivity contribution in [1.82, 2.24) is 8.61 Å². The average Bonchev–Trinajstić information content (AvgIpc) is 3.79. The third-order valence-corrected chi connectivity index (χ3v) is 15.7. The van der Waals surface area contributed by atoms with E-state index >= 15 is 0 Å². The van der Waals surface area contributed by atoms with Crippen LogP contribution in [0.3, 0.4) is 0 Å². The molecule has 4 aromatic rings. The molecule has 4 atom stereocenters. The zero-order valence-corrected chi connectivity index (χ0v) is 39.3. The molecule has 0 spiro atoms. The van der Waals surface area contributed by atoms with E-state index in [4.69, 9.17) is 9.47 Å². The van der Waals surface area contributed by atoms with Crippen LogP contribution in [0.5, 0.6) is 11.5 Å². The van der Waals surface area contributed by atoms with Crippen LogP contribution in [-0.4, -0.2) is 61.0 Å². The lowest BCUT2D eigenvalue weighted by molar-refractivity contribution is 0.0649. The van der Waals surface area contributed by atoms with Gasteiger partial charge in [-0.25, -0.2) is 16.8 Å². The fourth-order valence-electron chi connectivity index (χ4n) is 7.92. The van der Waals surface area contributed by atoms with Gasteiger partial charge >= 0.3 is 0 Å². The van der Waals surface area contributed by atoms with E-state index in [0.717, 1.165) is 22.3 Å². The minimum Gasteiger partial charge on any atom is -0.507 e. The first-order chi connectivity index (χ1) is 27.5. The molecule has 0 aromatic heterocycles. The normalized spacial score (nSPS) is 21.5. The second-order valence-electron chi connectivity index (χ2n) is 20.9. The van der Waals surface area contributed by atoms with Crippen molar-refractivity contribution in [1.29, 1.82) is 0 Å². The summed E-state index contributed by atoms with van der Waals surface area (Å²) < 4.78 is 74.5. The van der Waals surface area contributed by atoms with Crippen LogP contribution in [0.4, 0.5) is 0 Å². The Balaban J connectivity index is 1.62. The van der Waals surface area contributed by atoms with Gasteiger partial charge in [-0.2, -0.15) is 8.61 Å². The standard InChI is InChI=1S/C48H64N2O8S2/c1-29-15-19-33(20-16-29)59(53,54)49-39(47(9,10)11)27-57-43(49)37-25-31(45(3,4)5)23-35(41(37)51)36-24-32(46(6,7)8)26-38(42(36)52)44-50(40(28-58-44)48(12,13)14)60(55,56)34-21-17-30(2)18-22-34/h15-26,39-40,43-44,51-52H,27-28H2,1-14H3/t39-,40-,43+,44+/m1/s1. The van der Waals surface area contributed by atoms with Crippen LogP contribution in [0.1, 0.15) is 129 Å². The molecule has 0 radical (unpaired) electrons. The highest BCUT2D eigenvalue weighted by Crippen LogP contribution is 2.52. The first-order valence-corrected chi connectivity index (χ1v) is 23.5. The van der Waals surface area contributed by atoms with Crippen LogP contribution in [0, 0.1) is 24.7 Å². The molecule has 2 saturated heterocycles. The Bertz CT molecular complexity index is 2300. The number of hydrogen-bond acceptors (Lipinski definition) is 8. The predicted molar refractivity (Wildman–Crippen MR) is 237 cm³/mol. The fourth-order valence-corrected chi connectivity index (χ4v) is 11.6. The number of aromatic hydroxyl groups is 2. The molecule has 10 nitrogen and oxygen atoms in total. The van der Waals surface area contributed by atoms with Gasteiger partial charge in [0.05, 0.1) is 35.1 Å². The minimum atomic E-state index is -4.17. The van der Waals surface area contributed by atoms with Gasteiger partial charge in [0, 0.05) is 22.3 Å². The number of hydrogen-bond donors (Lipinski definition) is 2. The molecule has 0 aliphatic carbocycles. The van der Waals surface area contributed by atoms with Gasteiger partial charge in [0.1, 0.15) is 11.5 Å². The molecule has 0 bridgehead atoms. The van der Waals surface area contributed by atoms with Crippen molar-refractivity contribution in [3.05, 3.63) is 106 Å². The summed E-state index contributed by atoms with van der Waals surface area (Å²) >= 11 is 0. The van der Waals surface area contributed by atoms with Crippen molar-refractivity contribution in [3.8, 4) is 22.6 Å². The van der Waals surface area contributed by atoms with Gasteiger partial charge in [-0.15, -0.1) is 0 Å². The highest BCUT2D eigenvalue weighted by Gasteiger charge is 2.51. The van der Waals surface area contributed by atoms with Crippen molar-refractivity contribution >= 4 is 20.0 Å². The average molecular weight is 861 g/mol. The molecule has 2 heterocycles. The number of nitrogens with zero attached hydrogens (tertiary/aromatic N) is 2. The minimum absolute atomic E-state index is 0.0853. The number of rotatable bonds is 7. The summed E-state index contributed by atoms with van der Waals surface area (Å²) in [5.41, 5.74) is 2.21. The number of ether oxygens (including phenoxy) is 2. The smallest absolute Gasteiger partial charge is 0.245 e. The summed E-state index contributed by atoms with van der Waals surface area (Å²) in [4.78, 5) is 0.222. The maximum atomic E-state index is 14.7. The Morgan fingerprint density at radius 2 is 0.817 bits per heavy atom. The Kier molecular flexibility index (Phi) is 11.8. The number of sulfonamides is 2. The van der Waals surface area contributed by atoms with Crippen LogP contribution < -0.4 is 0 Å². The topological polar surface area (TPSA) is 134 Å². The van der Waals surface area contributed by atoms with Crippen molar-refractivity contribution in [3.63, 3.8) is 0 Å². The van der Waals surface area contributed by atoms with Gasteiger partial charge in [-0.1, -0.05) is 118 Å². The quantitative estimate of drug-likeness (QED) is 0.188. The Morgan fingerprint density at radius 1 is 0.517 bits per heavy atom. The van der Waals surface area contributed by atoms with Gasteiger partial charge in [0.15, 0.2) is 12.5 Å². The SMILES string of the molecule is Cc1ccc(S(=O)(=O)N2[C@H](c3cc(C(C)(C)C)cc(-c4cc(C(C)(C)C)cc([C@@H]5OC[C@H](C(C)(C)C)N5S(=O)(=O)c5ccc(C)cc5)c4O)c3O)OC[C@@H]2C(C)(C)C)cc1. The van der Waals surface area contributed by atoms with Gasteiger partial charge in [-0.05, 0) is 95.2 Å². The molecule has 6 rings (SSSR count). The zero-order valence-electron chi connectivity index (χ0n) is 37.7. The van der Waals surface area contributed by atoms with Crippen LogP contribution in [0.15, 0.2) is 82.6 Å². The van der Waals surface area contributed by atoms with Crippen molar-refractivity contribution in [2.75, 3.05) is 13.2 Å². The number of phenols is 2. The molecule has 12 heteroatoms. The monoisotopic (exact) mass is 860 g/mol. The van der Waals surface area contributed by atoms with E-state index in [-0.39, 0.29) is 56.8 Å². The van der Waals surface area contributed by atoms with Gasteiger partial charge < -0.3 is 19.7 Å². The second kappa shape index (κ2) is 15.5. The van der Waals surface area contributed by atoms with Crippen LogP contribution in [0.25, 0.3) is 11.1 Å². The molecular weight excluding hydrogens is 797 g/mol. The van der Waals surface area contributed by atoms with Crippen molar-refractivity contribution in [2.24, 2.45) is 10.8 Å². The highest BCUT2D eigenvalue weighted by molar-refractivity contribution is 7.89. The molecule has 60 heavy (non-hydrogen) atoms. The molecule has 2 aliphatic rings. The fraction of sp³-hybridized carbons (Fsp3) is 0.500. The molecule has 0 unspecified atom stereocenters. The number of aryl methyl sites for hydroxylation is 2.